The summed E-state index contributed by atoms with van der Waals surface area (Å²) in [6, 6.07) is 12.4. The van der Waals surface area contributed by atoms with Crippen molar-refractivity contribution in [3.63, 3.8) is 0 Å². The van der Waals surface area contributed by atoms with Crippen LogP contribution in [-0.4, -0.2) is 51.3 Å². The predicted molar refractivity (Wildman–Crippen MR) is 119 cm³/mol. The van der Waals surface area contributed by atoms with E-state index in [0.29, 0.717) is 17.8 Å². The third kappa shape index (κ3) is 3.65. The lowest BCUT2D eigenvalue weighted by Crippen LogP contribution is -2.59. The van der Waals surface area contributed by atoms with Gasteiger partial charge < -0.3 is 5.21 Å². The molecule has 4 rings (SSSR count). The zero-order valence-electron chi connectivity index (χ0n) is 18.9. The molecule has 1 aliphatic heterocycles. The van der Waals surface area contributed by atoms with Gasteiger partial charge in [0.25, 0.3) is 5.82 Å². The Kier molecular flexibility index (Phi) is 5.71. The number of pyridine rings is 1. The summed E-state index contributed by atoms with van der Waals surface area (Å²) in [6.07, 6.45) is 3.13. The Hall–Kier alpha value is -4.01. The van der Waals surface area contributed by atoms with Crippen molar-refractivity contribution in [2.24, 2.45) is 5.92 Å². The Balaban J connectivity index is 1.95. The Morgan fingerprint density at radius 1 is 1.00 bits per heavy atom. The van der Waals surface area contributed by atoms with E-state index in [1.165, 1.54) is 14.1 Å². The minimum absolute atomic E-state index is 0.254. The van der Waals surface area contributed by atoms with Gasteiger partial charge in [-0.25, -0.2) is 14.1 Å². The van der Waals surface area contributed by atoms with Crippen molar-refractivity contribution < 1.29 is 19.1 Å². The minimum atomic E-state index is -1.29. The molecule has 3 aromatic rings. The Morgan fingerprint density at radius 3 is 2.21 bits per heavy atom. The standard InChI is InChI=1S/C24H25N5O4/c1-15-16(2)29(33)21(28(15)14-17-9-6-5-7-10-17)19(18-11-8-12-25-13-18)20-22(30)26(3)24(32)27(4)23(20)31/h5-13,19-20H,14H2,1-4H3/t19-/m0/s1. The lowest BCUT2D eigenvalue weighted by molar-refractivity contribution is -0.621. The van der Waals surface area contributed by atoms with E-state index in [-0.39, 0.29) is 5.82 Å². The van der Waals surface area contributed by atoms with E-state index >= 15 is 0 Å². The van der Waals surface area contributed by atoms with E-state index in [4.69, 9.17) is 0 Å². The lowest BCUT2D eigenvalue weighted by atomic mass is 9.82. The van der Waals surface area contributed by atoms with Crippen molar-refractivity contribution in [2.75, 3.05) is 14.1 Å². The van der Waals surface area contributed by atoms with Crippen molar-refractivity contribution in [1.29, 1.82) is 0 Å². The van der Waals surface area contributed by atoms with Gasteiger partial charge in [-0.1, -0.05) is 36.4 Å². The highest BCUT2D eigenvalue weighted by Crippen LogP contribution is 2.36. The van der Waals surface area contributed by atoms with Gasteiger partial charge in [0.1, 0.15) is 29.8 Å². The maximum atomic E-state index is 13.5. The Labute approximate surface area is 191 Å². The second-order valence-electron chi connectivity index (χ2n) is 8.21. The maximum absolute atomic E-state index is 13.5. The zero-order chi connectivity index (χ0) is 23.9. The monoisotopic (exact) mass is 447 g/mol. The molecule has 0 saturated carbocycles. The number of carbonyl (C=O) groups is 3. The molecule has 9 nitrogen and oxygen atoms in total. The third-order valence-electron chi connectivity index (χ3n) is 6.32. The number of rotatable bonds is 5. The van der Waals surface area contributed by atoms with E-state index in [2.05, 4.69) is 4.98 Å². The minimum Gasteiger partial charge on any atom is -0.711 e. The van der Waals surface area contributed by atoms with Gasteiger partial charge in [-0.3, -0.25) is 24.4 Å². The van der Waals surface area contributed by atoms with E-state index < -0.39 is 29.7 Å². The molecular formula is C24H25N5O4. The molecule has 9 heteroatoms. The molecule has 1 aromatic carbocycles. The van der Waals surface area contributed by atoms with Crippen LogP contribution in [0.1, 0.15) is 34.3 Å². The predicted octanol–water partition coefficient (Wildman–Crippen LogP) is 1.98. The molecule has 1 saturated heterocycles. The summed E-state index contributed by atoms with van der Waals surface area (Å²) >= 11 is 0. The third-order valence-corrected chi connectivity index (χ3v) is 6.32. The van der Waals surface area contributed by atoms with Crippen molar-refractivity contribution in [2.45, 2.75) is 26.3 Å². The molecule has 33 heavy (non-hydrogen) atoms. The summed E-state index contributed by atoms with van der Waals surface area (Å²) < 4.78 is 2.62. The maximum Gasteiger partial charge on any atom is 0.332 e. The molecule has 0 bridgehead atoms. The van der Waals surface area contributed by atoms with Gasteiger partial charge in [0.05, 0.1) is 0 Å². The molecular weight excluding hydrogens is 422 g/mol. The number of urea groups is 1. The molecule has 0 spiro atoms. The van der Waals surface area contributed by atoms with E-state index in [9.17, 15) is 19.6 Å². The van der Waals surface area contributed by atoms with Gasteiger partial charge >= 0.3 is 6.03 Å². The molecule has 170 valence electrons. The molecule has 0 radical (unpaired) electrons. The SMILES string of the molecule is Cc1c(C)[n+]([O-])c([C@@H](c2cccnc2)C2C(=O)N(C)C(=O)N(C)C2=O)n1Cc1ccccc1. The van der Waals surface area contributed by atoms with Gasteiger partial charge in [0.15, 0.2) is 0 Å². The number of hydrogen-bond donors (Lipinski definition) is 0. The van der Waals surface area contributed by atoms with Crippen LogP contribution in [0.5, 0.6) is 0 Å². The topological polar surface area (TPSA) is 102 Å². The highest BCUT2D eigenvalue weighted by molar-refractivity contribution is 6.16. The first-order valence-corrected chi connectivity index (χ1v) is 10.6. The van der Waals surface area contributed by atoms with Crippen LogP contribution in [0.15, 0.2) is 54.9 Å². The number of amides is 4. The Bertz CT molecular complexity index is 1200. The number of carbonyl (C=O) groups excluding carboxylic acids is 3. The van der Waals surface area contributed by atoms with Crippen LogP contribution < -0.4 is 4.73 Å². The van der Waals surface area contributed by atoms with Crippen molar-refractivity contribution in [1.82, 2.24) is 19.4 Å². The van der Waals surface area contributed by atoms with Crippen molar-refractivity contribution in [3.05, 3.63) is 88.4 Å². The summed E-state index contributed by atoms with van der Waals surface area (Å²) in [5.74, 6) is -3.28. The molecule has 0 N–H and O–H groups in total. The van der Waals surface area contributed by atoms with Gasteiger partial charge in [-0.2, -0.15) is 0 Å². The average Bonchev–Trinajstić information content (AvgIpc) is 3.04. The number of imidazole rings is 1. The van der Waals surface area contributed by atoms with Crippen molar-refractivity contribution >= 4 is 17.8 Å². The van der Waals surface area contributed by atoms with Crippen LogP contribution in [0, 0.1) is 25.0 Å². The summed E-state index contributed by atoms with van der Waals surface area (Å²) in [7, 11) is 2.68. The highest BCUT2D eigenvalue weighted by Gasteiger charge is 2.51. The second-order valence-corrected chi connectivity index (χ2v) is 8.21. The molecule has 3 heterocycles. The first kappa shape index (κ1) is 22.2. The summed E-state index contributed by atoms with van der Waals surface area (Å²) in [6.45, 7) is 3.93. The second kappa shape index (κ2) is 8.50. The highest BCUT2D eigenvalue weighted by atomic mass is 16.5. The smallest absolute Gasteiger partial charge is 0.332 e. The van der Waals surface area contributed by atoms with Crippen LogP contribution in [0.4, 0.5) is 4.79 Å². The number of nitrogens with zero attached hydrogens (tertiary/aromatic N) is 5. The summed E-state index contributed by atoms with van der Waals surface area (Å²) in [5, 5.41) is 13.5. The number of benzene rings is 1. The van der Waals surface area contributed by atoms with Crippen LogP contribution in [-0.2, 0) is 16.1 Å². The number of aromatic nitrogens is 3. The largest absolute Gasteiger partial charge is 0.711 e. The molecule has 1 aliphatic rings. The molecule has 1 atom stereocenters. The number of imide groups is 2. The van der Waals surface area contributed by atoms with E-state index in [1.807, 2.05) is 41.8 Å². The molecule has 4 amide bonds. The van der Waals surface area contributed by atoms with Crippen LogP contribution in [0.3, 0.4) is 0 Å². The van der Waals surface area contributed by atoms with Crippen molar-refractivity contribution in [3.8, 4) is 0 Å². The molecule has 0 aliphatic carbocycles. The van der Waals surface area contributed by atoms with Gasteiger partial charge in [-0.05, 0) is 17.2 Å². The lowest BCUT2D eigenvalue weighted by Gasteiger charge is -2.35. The Morgan fingerprint density at radius 2 is 1.64 bits per heavy atom. The fourth-order valence-electron chi connectivity index (χ4n) is 4.33. The zero-order valence-corrected chi connectivity index (χ0v) is 18.9. The molecule has 0 unspecified atom stereocenters. The van der Waals surface area contributed by atoms with Crippen LogP contribution >= 0.6 is 0 Å². The van der Waals surface area contributed by atoms with Gasteiger partial charge in [0.2, 0.25) is 11.8 Å². The van der Waals surface area contributed by atoms with E-state index in [0.717, 1.165) is 25.8 Å². The molecule has 2 aromatic heterocycles. The fraction of sp³-hybridized carbons (Fsp3) is 0.292. The quantitative estimate of drug-likeness (QED) is 0.338. The van der Waals surface area contributed by atoms with Crippen LogP contribution in [0.2, 0.25) is 0 Å². The normalized spacial score (nSPS) is 15.9. The number of hydrogen-bond acceptors (Lipinski definition) is 5. The number of barbiturate groups is 1. The fourth-order valence-corrected chi connectivity index (χ4v) is 4.33. The first-order valence-electron chi connectivity index (χ1n) is 10.6. The first-order chi connectivity index (χ1) is 15.7. The van der Waals surface area contributed by atoms with E-state index in [1.54, 1.807) is 31.5 Å². The van der Waals surface area contributed by atoms with Gasteiger partial charge in [0, 0.05) is 40.3 Å². The molecule has 1 fully saturated rings. The summed E-state index contributed by atoms with van der Waals surface area (Å²) in [4.78, 5) is 44.9. The summed E-state index contributed by atoms with van der Waals surface area (Å²) in [5.41, 5.74) is 2.71. The van der Waals surface area contributed by atoms with Gasteiger partial charge in [-0.15, -0.1) is 0 Å². The van der Waals surface area contributed by atoms with Crippen LogP contribution in [0.25, 0.3) is 0 Å². The average molecular weight is 447 g/mol.